The minimum atomic E-state index is -0.298. The van der Waals surface area contributed by atoms with Gasteiger partial charge in [0.2, 0.25) is 6.54 Å². The first-order valence-electron chi connectivity index (χ1n) is 6.20. The van der Waals surface area contributed by atoms with Gasteiger partial charge in [-0.2, -0.15) is 0 Å². The summed E-state index contributed by atoms with van der Waals surface area (Å²) in [4.78, 5) is 19.2. The maximum Gasteiger partial charge on any atom is 0.220 e. The van der Waals surface area contributed by atoms with Gasteiger partial charge in [0.15, 0.2) is 5.16 Å². The lowest BCUT2D eigenvalue weighted by atomic mass is 10.1. The summed E-state index contributed by atoms with van der Waals surface area (Å²) in [6.07, 6.45) is 0. The Morgan fingerprint density at radius 3 is 2.35 bits per heavy atom. The Balaban J connectivity index is 2.26. The van der Waals surface area contributed by atoms with Crippen molar-refractivity contribution >= 4 is 11.8 Å². The van der Waals surface area contributed by atoms with E-state index < -0.39 is 0 Å². The summed E-state index contributed by atoms with van der Waals surface area (Å²) in [5.41, 5.74) is 2.65. The molecule has 1 aromatic carbocycles. The molecule has 1 heterocycles. The van der Waals surface area contributed by atoms with Gasteiger partial charge in [-0.1, -0.05) is 42.1 Å². The Morgan fingerprint density at radius 2 is 1.80 bits per heavy atom. The Morgan fingerprint density at radius 1 is 1.20 bits per heavy atom. The van der Waals surface area contributed by atoms with Crippen LogP contribution in [-0.4, -0.2) is 21.4 Å². The van der Waals surface area contributed by atoms with Crippen LogP contribution in [0.1, 0.15) is 22.2 Å². The van der Waals surface area contributed by atoms with Crippen molar-refractivity contribution in [1.82, 2.24) is 9.97 Å². The van der Waals surface area contributed by atoms with Gasteiger partial charge >= 0.3 is 0 Å². The molecule has 0 aliphatic rings. The van der Waals surface area contributed by atoms with Crippen LogP contribution in [0.15, 0.2) is 41.6 Å². The SMILES string of the molecule is Cc1cc(C)nc(SC(C[N+](=O)[O-])c2ccccc2)n1. The van der Waals surface area contributed by atoms with Crippen molar-refractivity contribution in [2.75, 3.05) is 6.54 Å². The summed E-state index contributed by atoms with van der Waals surface area (Å²) < 4.78 is 0. The molecule has 1 aromatic heterocycles. The summed E-state index contributed by atoms with van der Waals surface area (Å²) in [5.74, 6) is 0. The second kappa shape index (κ2) is 6.47. The highest BCUT2D eigenvalue weighted by molar-refractivity contribution is 7.99. The van der Waals surface area contributed by atoms with Crippen molar-refractivity contribution in [2.45, 2.75) is 24.3 Å². The van der Waals surface area contributed by atoms with Crippen molar-refractivity contribution in [3.63, 3.8) is 0 Å². The molecular formula is C14H15N3O2S. The highest BCUT2D eigenvalue weighted by atomic mass is 32.2. The maximum absolute atomic E-state index is 10.9. The van der Waals surface area contributed by atoms with Gasteiger partial charge in [-0.25, -0.2) is 9.97 Å². The largest absolute Gasteiger partial charge is 0.264 e. The average Bonchev–Trinajstić information content (AvgIpc) is 2.37. The van der Waals surface area contributed by atoms with E-state index in [1.807, 2.05) is 50.2 Å². The predicted octanol–water partition coefficient (Wildman–Crippen LogP) is 3.20. The van der Waals surface area contributed by atoms with E-state index in [1.54, 1.807) is 0 Å². The van der Waals surface area contributed by atoms with Gasteiger partial charge in [0.1, 0.15) is 5.25 Å². The van der Waals surface area contributed by atoms with E-state index in [9.17, 15) is 10.1 Å². The van der Waals surface area contributed by atoms with Gasteiger partial charge in [0, 0.05) is 16.3 Å². The lowest BCUT2D eigenvalue weighted by Crippen LogP contribution is -2.10. The number of benzene rings is 1. The molecule has 0 bridgehead atoms. The van der Waals surface area contributed by atoms with E-state index >= 15 is 0 Å². The van der Waals surface area contributed by atoms with Gasteiger partial charge in [0.05, 0.1) is 0 Å². The molecule has 0 N–H and O–H groups in total. The minimum Gasteiger partial charge on any atom is -0.264 e. The molecule has 2 rings (SSSR count). The molecule has 0 fully saturated rings. The molecule has 0 saturated heterocycles. The third-order valence-electron chi connectivity index (χ3n) is 2.70. The third kappa shape index (κ3) is 4.03. The molecule has 0 aliphatic heterocycles. The molecule has 104 valence electrons. The standard InChI is InChI=1S/C14H15N3O2S/c1-10-8-11(2)16-14(15-10)20-13(9-17(18)19)12-6-4-3-5-7-12/h3-8,13H,9H2,1-2H3. The molecule has 0 radical (unpaired) electrons. The summed E-state index contributed by atoms with van der Waals surface area (Å²) in [7, 11) is 0. The lowest BCUT2D eigenvalue weighted by molar-refractivity contribution is -0.479. The number of aryl methyl sites for hydroxylation is 2. The number of aromatic nitrogens is 2. The van der Waals surface area contributed by atoms with E-state index in [1.165, 1.54) is 11.8 Å². The summed E-state index contributed by atoms with van der Waals surface area (Å²) >= 11 is 1.33. The quantitative estimate of drug-likeness (QED) is 0.366. The zero-order chi connectivity index (χ0) is 14.5. The number of thioether (sulfide) groups is 1. The normalized spacial score (nSPS) is 12.1. The Hall–Kier alpha value is -1.95. The van der Waals surface area contributed by atoms with Crippen LogP contribution in [0, 0.1) is 24.0 Å². The first-order chi connectivity index (χ1) is 9.54. The van der Waals surface area contributed by atoms with Gasteiger partial charge in [-0.15, -0.1) is 0 Å². The first-order valence-corrected chi connectivity index (χ1v) is 7.08. The van der Waals surface area contributed by atoms with E-state index in [4.69, 9.17) is 0 Å². The Labute approximate surface area is 121 Å². The van der Waals surface area contributed by atoms with Crippen molar-refractivity contribution in [1.29, 1.82) is 0 Å². The van der Waals surface area contributed by atoms with Crippen LogP contribution in [0.2, 0.25) is 0 Å². The predicted molar refractivity (Wildman–Crippen MR) is 78.4 cm³/mol. The molecule has 0 saturated carbocycles. The van der Waals surface area contributed by atoms with Crippen molar-refractivity contribution in [3.8, 4) is 0 Å². The zero-order valence-corrected chi connectivity index (χ0v) is 12.1. The molecule has 0 spiro atoms. The molecule has 5 nitrogen and oxygen atoms in total. The second-order valence-electron chi connectivity index (χ2n) is 4.47. The number of hydrogen-bond donors (Lipinski definition) is 0. The van der Waals surface area contributed by atoms with E-state index in [0.717, 1.165) is 17.0 Å². The lowest BCUT2D eigenvalue weighted by Gasteiger charge is -2.12. The number of hydrogen-bond acceptors (Lipinski definition) is 5. The van der Waals surface area contributed by atoms with E-state index in [0.29, 0.717) is 5.16 Å². The smallest absolute Gasteiger partial charge is 0.220 e. The van der Waals surface area contributed by atoms with Crippen LogP contribution in [0.5, 0.6) is 0 Å². The Kier molecular flexibility index (Phi) is 4.68. The van der Waals surface area contributed by atoms with Gasteiger partial charge in [-0.3, -0.25) is 10.1 Å². The topological polar surface area (TPSA) is 68.9 Å². The van der Waals surface area contributed by atoms with Crippen LogP contribution in [0.25, 0.3) is 0 Å². The van der Waals surface area contributed by atoms with E-state index in [2.05, 4.69) is 9.97 Å². The molecule has 2 aromatic rings. The zero-order valence-electron chi connectivity index (χ0n) is 11.3. The van der Waals surface area contributed by atoms with Crippen LogP contribution >= 0.6 is 11.8 Å². The van der Waals surface area contributed by atoms with Gasteiger partial charge in [-0.05, 0) is 25.5 Å². The average molecular weight is 289 g/mol. The molecule has 0 amide bonds. The summed E-state index contributed by atoms with van der Waals surface area (Å²) in [6.45, 7) is 3.64. The number of rotatable bonds is 5. The molecule has 0 aliphatic carbocycles. The fourth-order valence-corrected chi connectivity index (χ4v) is 3.02. The highest BCUT2D eigenvalue weighted by Crippen LogP contribution is 2.33. The monoisotopic (exact) mass is 289 g/mol. The third-order valence-corrected chi connectivity index (χ3v) is 3.79. The molecule has 1 atom stereocenters. The van der Waals surface area contributed by atoms with Crippen molar-refractivity contribution in [3.05, 3.63) is 63.5 Å². The Bertz CT molecular complexity index is 584. The fourth-order valence-electron chi connectivity index (χ4n) is 1.89. The summed E-state index contributed by atoms with van der Waals surface area (Å²) in [5, 5.41) is 11.2. The highest BCUT2D eigenvalue weighted by Gasteiger charge is 2.20. The molecule has 20 heavy (non-hydrogen) atoms. The number of nitro groups is 1. The fraction of sp³-hybridized carbons (Fsp3) is 0.286. The van der Waals surface area contributed by atoms with Crippen molar-refractivity contribution < 1.29 is 4.92 Å². The van der Waals surface area contributed by atoms with Crippen molar-refractivity contribution in [2.24, 2.45) is 0 Å². The van der Waals surface area contributed by atoms with E-state index in [-0.39, 0.29) is 16.7 Å². The van der Waals surface area contributed by atoms with Crippen LogP contribution in [-0.2, 0) is 0 Å². The number of nitrogens with zero attached hydrogens (tertiary/aromatic N) is 3. The molecular weight excluding hydrogens is 274 g/mol. The van der Waals surface area contributed by atoms with Gasteiger partial charge < -0.3 is 0 Å². The van der Waals surface area contributed by atoms with Crippen LogP contribution < -0.4 is 0 Å². The molecule has 1 unspecified atom stereocenters. The van der Waals surface area contributed by atoms with Gasteiger partial charge in [0.25, 0.3) is 0 Å². The molecule has 6 heteroatoms. The first kappa shape index (κ1) is 14.5. The summed E-state index contributed by atoms with van der Waals surface area (Å²) in [6, 6.07) is 11.3. The second-order valence-corrected chi connectivity index (χ2v) is 5.64. The maximum atomic E-state index is 10.9. The minimum absolute atomic E-state index is 0.148. The van der Waals surface area contributed by atoms with Crippen LogP contribution in [0.3, 0.4) is 0 Å². The van der Waals surface area contributed by atoms with Crippen LogP contribution in [0.4, 0.5) is 0 Å².